The highest BCUT2D eigenvalue weighted by atomic mass is 19.5. The van der Waals surface area contributed by atoms with Gasteiger partial charge in [0, 0.05) is 6.42 Å². The molecule has 0 radical (unpaired) electrons. The van der Waals surface area contributed by atoms with Gasteiger partial charge in [-0.05, 0) is 6.42 Å². The fourth-order valence-corrected chi connectivity index (χ4v) is 0.433. The lowest BCUT2D eigenvalue weighted by molar-refractivity contribution is 0.368. The standard InChI is InChI=1S/C5H11N2.BF4/c1-2-3-4-5-7-6;2-1(3,4)5/h2-5H2,1H3;/q+1;-1. The summed E-state index contributed by atoms with van der Waals surface area (Å²) in [4.78, 5) is 2.97. The second kappa shape index (κ2) is 8.30. The number of hydrogen-bond acceptors (Lipinski definition) is 1. The van der Waals surface area contributed by atoms with E-state index >= 15 is 0 Å². The molecule has 72 valence electrons. The molecule has 0 aromatic rings. The average molecular weight is 186 g/mol. The first-order valence-corrected chi connectivity index (χ1v) is 3.60. The highest BCUT2D eigenvalue weighted by Crippen LogP contribution is 2.06. The van der Waals surface area contributed by atoms with Gasteiger partial charge in [0.2, 0.25) is 5.39 Å². The van der Waals surface area contributed by atoms with E-state index < -0.39 is 7.25 Å². The molecular weight excluding hydrogens is 175 g/mol. The molecule has 0 bridgehead atoms. The Morgan fingerprint density at radius 3 is 1.83 bits per heavy atom. The summed E-state index contributed by atoms with van der Waals surface area (Å²) in [6, 6.07) is 0. The summed E-state index contributed by atoms with van der Waals surface area (Å²) in [7, 11) is -6.00. The van der Waals surface area contributed by atoms with E-state index in [-0.39, 0.29) is 0 Å². The van der Waals surface area contributed by atoms with E-state index in [0.717, 1.165) is 6.42 Å². The Morgan fingerprint density at radius 1 is 1.17 bits per heavy atom. The predicted molar refractivity (Wildman–Crippen MR) is 39.7 cm³/mol. The average Bonchev–Trinajstić information content (AvgIpc) is 1.85. The van der Waals surface area contributed by atoms with Gasteiger partial charge in [-0.25, -0.2) is 0 Å². The van der Waals surface area contributed by atoms with Crippen molar-refractivity contribution >= 4 is 7.25 Å². The third-order valence-electron chi connectivity index (χ3n) is 0.862. The van der Waals surface area contributed by atoms with E-state index in [1.54, 1.807) is 0 Å². The highest BCUT2D eigenvalue weighted by molar-refractivity contribution is 6.50. The molecule has 0 saturated carbocycles. The summed E-state index contributed by atoms with van der Waals surface area (Å²) in [5.74, 6) is 0. The summed E-state index contributed by atoms with van der Waals surface area (Å²) in [5, 5.41) is 7.92. The minimum absolute atomic E-state index is 0.605. The first-order chi connectivity index (χ1) is 5.41. The quantitative estimate of drug-likeness (QED) is 0.287. The Labute approximate surface area is 68.7 Å². The predicted octanol–water partition coefficient (Wildman–Crippen LogP) is 3.33. The second-order valence-corrected chi connectivity index (χ2v) is 2.07. The van der Waals surface area contributed by atoms with Crippen molar-refractivity contribution in [3.05, 3.63) is 4.98 Å². The van der Waals surface area contributed by atoms with Crippen LogP contribution in [0.1, 0.15) is 26.2 Å². The lowest BCUT2D eigenvalue weighted by atomic mass is 10.3. The minimum atomic E-state index is -6.00. The lowest BCUT2D eigenvalue weighted by Crippen LogP contribution is -2.02. The molecule has 2 nitrogen and oxygen atoms in total. The number of rotatable bonds is 3. The Morgan fingerprint density at radius 2 is 1.58 bits per heavy atom. The van der Waals surface area contributed by atoms with Gasteiger partial charge in [-0.3, -0.25) is 0 Å². The van der Waals surface area contributed by atoms with Crippen LogP contribution in [0.2, 0.25) is 0 Å². The SMILES string of the molecule is CCCCC[N+]#N.F[B-](F)(F)F. The smallest absolute Gasteiger partial charge is 0.418 e. The van der Waals surface area contributed by atoms with Crippen LogP contribution in [0.25, 0.3) is 4.98 Å². The van der Waals surface area contributed by atoms with Crippen molar-refractivity contribution in [2.75, 3.05) is 6.54 Å². The summed E-state index contributed by atoms with van der Waals surface area (Å²) in [5.41, 5.74) is 0. The van der Waals surface area contributed by atoms with Crippen LogP contribution in [0.15, 0.2) is 0 Å². The van der Waals surface area contributed by atoms with E-state index in [1.807, 2.05) is 0 Å². The normalized spacial score (nSPS) is 9.67. The van der Waals surface area contributed by atoms with Crippen molar-refractivity contribution in [2.24, 2.45) is 0 Å². The molecule has 0 unspecified atom stereocenters. The Hall–Kier alpha value is -0.795. The summed E-state index contributed by atoms with van der Waals surface area (Å²) >= 11 is 0. The molecular formula is C5H11BF4N2. The van der Waals surface area contributed by atoms with Crippen molar-refractivity contribution < 1.29 is 17.3 Å². The summed E-state index contributed by atoms with van der Waals surface area (Å²) in [6.45, 7) is 2.73. The number of nitrogens with zero attached hydrogens (tertiary/aromatic N) is 2. The van der Waals surface area contributed by atoms with E-state index in [4.69, 9.17) is 5.39 Å². The van der Waals surface area contributed by atoms with Gasteiger partial charge < -0.3 is 17.3 Å². The molecule has 0 aromatic heterocycles. The van der Waals surface area contributed by atoms with Crippen LogP contribution in [0.4, 0.5) is 17.3 Å². The van der Waals surface area contributed by atoms with Crippen molar-refractivity contribution in [3.8, 4) is 0 Å². The second-order valence-electron chi connectivity index (χ2n) is 2.07. The molecule has 0 aliphatic rings. The van der Waals surface area contributed by atoms with Gasteiger partial charge in [0.15, 0.2) is 0 Å². The van der Waals surface area contributed by atoms with Crippen molar-refractivity contribution in [1.82, 2.24) is 0 Å². The van der Waals surface area contributed by atoms with Crippen molar-refractivity contribution in [3.63, 3.8) is 0 Å². The van der Waals surface area contributed by atoms with Gasteiger partial charge in [0.1, 0.15) is 4.98 Å². The maximum Gasteiger partial charge on any atom is 0.673 e. The van der Waals surface area contributed by atoms with Crippen LogP contribution in [0, 0.1) is 5.39 Å². The van der Waals surface area contributed by atoms with E-state index in [0.29, 0.717) is 6.54 Å². The number of halogens is 4. The third-order valence-corrected chi connectivity index (χ3v) is 0.862. The number of unbranched alkanes of at least 4 members (excludes halogenated alkanes) is 2. The fraction of sp³-hybridized carbons (Fsp3) is 1.00. The van der Waals surface area contributed by atoms with Gasteiger partial charge in [-0.1, -0.05) is 13.3 Å². The van der Waals surface area contributed by atoms with E-state index in [9.17, 15) is 17.3 Å². The Kier molecular flexibility index (Phi) is 9.53. The van der Waals surface area contributed by atoms with E-state index in [1.165, 1.54) is 12.8 Å². The first kappa shape index (κ1) is 13.8. The zero-order valence-corrected chi connectivity index (χ0v) is 6.81. The molecule has 0 saturated heterocycles. The summed E-state index contributed by atoms with van der Waals surface area (Å²) in [6.07, 6.45) is 3.38. The maximum atomic E-state index is 9.75. The Balaban J connectivity index is 0. The van der Waals surface area contributed by atoms with Gasteiger partial charge in [0.05, 0.1) is 0 Å². The van der Waals surface area contributed by atoms with Gasteiger partial charge in [0.25, 0.3) is 0 Å². The van der Waals surface area contributed by atoms with Crippen molar-refractivity contribution in [2.45, 2.75) is 26.2 Å². The molecule has 7 heteroatoms. The molecule has 0 heterocycles. The molecule has 0 rings (SSSR count). The number of hydrogen-bond donors (Lipinski definition) is 0. The molecule has 0 fully saturated rings. The van der Waals surface area contributed by atoms with Crippen LogP contribution in [-0.4, -0.2) is 13.8 Å². The molecule has 12 heavy (non-hydrogen) atoms. The fourth-order valence-electron chi connectivity index (χ4n) is 0.433. The molecule has 0 atom stereocenters. The van der Waals surface area contributed by atoms with Gasteiger partial charge in [-0.15, -0.1) is 0 Å². The highest BCUT2D eigenvalue weighted by Gasteiger charge is 2.20. The van der Waals surface area contributed by atoms with Gasteiger partial charge >= 0.3 is 13.8 Å². The van der Waals surface area contributed by atoms with Crippen LogP contribution in [0.5, 0.6) is 0 Å². The largest absolute Gasteiger partial charge is 0.673 e. The number of diazo groups is 1. The topological polar surface area (TPSA) is 28.1 Å². The lowest BCUT2D eigenvalue weighted by Gasteiger charge is -1.94. The molecule has 0 N–H and O–H groups in total. The summed E-state index contributed by atoms with van der Waals surface area (Å²) < 4.78 is 39.0. The monoisotopic (exact) mass is 186 g/mol. The molecule has 0 aliphatic carbocycles. The first-order valence-electron chi connectivity index (χ1n) is 3.60. The molecule has 0 aromatic carbocycles. The zero-order valence-electron chi connectivity index (χ0n) is 6.81. The van der Waals surface area contributed by atoms with Gasteiger partial charge in [-0.2, -0.15) is 0 Å². The molecule has 0 aliphatic heterocycles. The van der Waals surface area contributed by atoms with Crippen molar-refractivity contribution in [1.29, 1.82) is 5.39 Å². The van der Waals surface area contributed by atoms with Crippen LogP contribution in [-0.2, 0) is 0 Å². The molecule has 0 spiro atoms. The van der Waals surface area contributed by atoms with Crippen LogP contribution in [0.3, 0.4) is 0 Å². The zero-order chi connectivity index (χ0) is 10.0. The molecule has 0 amide bonds. The minimum Gasteiger partial charge on any atom is -0.418 e. The maximum absolute atomic E-state index is 9.75. The van der Waals surface area contributed by atoms with Crippen LogP contribution < -0.4 is 0 Å². The van der Waals surface area contributed by atoms with E-state index in [2.05, 4.69) is 11.9 Å². The van der Waals surface area contributed by atoms with Crippen LogP contribution >= 0.6 is 0 Å². The third kappa shape index (κ3) is 60.3. The Bertz CT molecular complexity index is 124.